The van der Waals surface area contributed by atoms with Crippen LogP contribution in [-0.2, 0) is 39.4 Å². The highest BCUT2D eigenvalue weighted by Gasteiger charge is 2.54. The summed E-state index contributed by atoms with van der Waals surface area (Å²) in [5.41, 5.74) is 5.85. The lowest BCUT2D eigenvalue weighted by molar-refractivity contribution is -0.0909. The van der Waals surface area contributed by atoms with Crippen LogP contribution in [0, 0.1) is 18.3 Å². The third kappa shape index (κ3) is 9.88. The molecule has 54 heavy (non-hydrogen) atoms. The lowest BCUT2D eigenvalue weighted by atomic mass is 9.62. The topological polar surface area (TPSA) is 118 Å². The molecule has 1 saturated heterocycles. The van der Waals surface area contributed by atoms with Gasteiger partial charge in [-0.15, -0.1) is 0 Å². The molecule has 4 aromatic carbocycles. The first kappa shape index (κ1) is 40.5. The van der Waals surface area contributed by atoms with E-state index < -0.39 is 35.2 Å². The third-order valence-corrected chi connectivity index (χ3v) is 10.4. The summed E-state index contributed by atoms with van der Waals surface area (Å²) in [6.07, 6.45) is -0.591. The minimum absolute atomic E-state index is 0.209. The summed E-state index contributed by atoms with van der Waals surface area (Å²) in [7, 11) is 1.68. The van der Waals surface area contributed by atoms with E-state index in [0.717, 1.165) is 44.5 Å². The first-order valence-corrected chi connectivity index (χ1v) is 18.8. The summed E-state index contributed by atoms with van der Waals surface area (Å²) in [5, 5.41) is 26.2. The van der Waals surface area contributed by atoms with Gasteiger partial charge < -0.3 is 34.6 Å². The SMILES string of the molecule is COC[C@H](C)COCc1ccc([C@@]2(O)CCN(C(=O)O)C(C(C)(C)C)[C@@H]2c2ccc(-c3ccccc3CCNC(=O)OCc3ccccc3)cc2C)cc1. The van der Waals surface area contributed by atoms with Gasteiger partial charge in [-0.2, -0.15) is 0 Å². The van der Waals surface area contributed by atoms with Gasteiger partial charge >= 0.3 is 12.2 Å². The molecule has 5 rings (SSSR count). The second kappa shape index (κ2) is 18.1. The smallest absolute Gasteiger partial charge is 0.407 e. The first-order chi connectivity index (χ1) is 25.8. The minimum Gasteiger partial charge on any atom is -0.465 e. The van der Waals surface area contributed by atoms with E-state index in [2.05, 4.69) is 42.6 Å². The molecule has 1 aliphatic heterocycles. The quantitative estimate of drug-likeness (QED) is 0.119. The number of alkyl carbamates (subject to hydrolysis) is 1. The first-order valence-electron chi connectivity index (χ1n) is 18.8. The molecule has 4 atom stereocenters. The van der Waals surface area contributed by atoms with Crippen LogP contribution < -0.4 is 5.32 Å². The van der Waals surface area contributed by atoms with Crippen molar-refractivity contribution in [2.45, 2.75) is 78.2 Å². The number of benzene rings is 4. The number of piperidine rings is 1. The number of aryl methyl sites for hydroxylation is 1. The maximum atomic E-state index is 12.9. The molecule has 0 bridgehead atoms. The normalized spacial score (nSPS) is 19.3. The Kier molecular flexibility index (Phi) is 13.6. The van der Waals surface area contributed by atoms with E-state index in [0.29, 0.717) is 32.8 Å². The number of ether oxygens (including phenoxy) is 3. The Labute approximate surface area is 320 Å². The van der Waals surface area contributed by atoms with Gasteiger partial charge in [0.1, 0.15) is 12.2 Å². The molecule has 4 aromatic rings. The second-order valence-electron chi connectivity index (χ2n) is 15.7. The van der Waals surface area contributed by atoms with E-state index in [1.54, 1.807) is 7.11 Å². The van der Waals surface area contributed by atoms with E-state index >= 15 is 0 Å². The van der Waals surface area contributed by atoms with Crippen LogP contribution in [0.5, 0.6) is 0 Å². The fraction of sp³-hybridized carbons (Fsp3) is 0.422. The minimum atomic E-state index is -1.33. The van der Waals surface area contributed by atoms with Crippen molar-refractivity contribution in [3.05, 3.63) is 130 Å². The Hall–Kier alpha value is -4.70. The number of hydrogen-bond acceptors (Lipinski definition) is 6. The van der Waals surface area contributed by atoms with Crippen molar-refractivity contribution in [2.75, 3.05) is 33.4 Å². The summed E-state index contributed by atoms with van der Waals surface area (Å²) in [6, 6.07) is 31.3. The molecule has 2 amide bonds. The lowest BCUT2D eigenvalue weighted by Gasteiger charge is -2.54. The van der Waals surface area contributed by atoms with Crippen molar-refractivity contribution in [1.29, 1.82) is 0 Å². The number of nitrogens with one attached hydrogen (secondary N) is 1. The number of methoxy groups -OCH3 is 1. The number of amides is 2. The zero-order valence-electron chi connectivity index (χ0n) is 32.5. The Morgan fingerprint density at radius 3 is 2.28 bits per heavy atom. The van der Waals surface area contributed by atoms with Crippen LogP contribution in [0.15, 0.2) is 97.1 Å². The maximum Gasteiger partial charge on any atom is 0.407 e. The second-order valence-corrected chi connectivity index (χ2v) is 15.7. The van der Waals surface area contributed by atoms with Gasteiger partial charge in [-0.25, -0.2) is 9.59 Å². The number of nitrogens with zero attached hydrogens (tertiary/aromatic N) is 1. The predicted molar refractivity (Wildman–Crippen MR) is 211 cm³/mol. The van der Waals surface area contributed by atoms with Gasteiger partial charge in [0.15, 0.2) is 0 Å². The molecule has 0 radical (unpaired) electrons. The van der Waals surface area contributed by atoms with Gasteiger partial charge in [0.2, 0.25) is 0 Å². The molecule has 3 N–H and O–H groups in total. The lowest BCUT2D eigenvalue weighted by Crippen LogP contribution is -2.60. The number of carbonyl (C=O) groups excluding carboxylic acids is 1. The molecule has 9 nitrogen and oxygen atoms in total. The van der Waals surface area contributed by atoms with Gasteiger partial charge in [0.05, 0.1) is 19.8 Å². The van der Waals surface area contributed by atoms with Gasteiger partial charge in [-0.1, -0.05) is 125 Å². The van der Waals surface area contributed by atoms with Crippen LogP contribution in [-0.4, -0.2) is 66.8 Å². The Balaban J connectivity index is 1.40. The fourth-order valence-electron chi connectivity index (χ4n) is 7.85. The molecule has 1 heterocycles. The van der Waals surface area contributed by atoms with Crippen LogP contribution in [0.3, 0.4) is 0 Å². The van der Waals surface area contributed by atoms with Gasteiger partial charge in [0, 0.05) is 38.1 Å². The monoisotopic (exact) mass is 736 g/mol. The zero-order chi connectivity index (χ0) is 38.9. The van der Waals surface area contributed by atoms with Crippen LogP contribution in [0.2, 0.25) is 0 Å². The third-order valence-electron chi connectivity index (χ3n) is 10.4. The summed E-state index contributed by atoms with van der Waals surface area (Å²) in [5.74, 6) is -0.263. The number of hydrogen-bond donors (Lipinski definition) is 3. The molecule has 0 saturated carbocycles. The number of rotatable bonds is 14. The molecular formula is C45H56N2O7. The highest BCUT2D eigenvalue weighted by molar-refractivity contribution is 5.70. The molecule has 1 fully saturated rings. The average molecular weight is 737 g/mol. The average Bonchev–Trinajstić information content (AvgIpc) is 3.14. The number of carbonyl (C=O) groups is 2. The van der Waals surface area contributed by atoms with Crippen LogP contribution in [0.1, 0.15) is 73.4 Å². The van der Waals surface area contributed by atoms with Crippen molar-refractivity contribution in [2.24, 2.45) is 11.3 Å². The molecule has 9 heteroatoms. The van der Waals surface area contributed by atoms with Crippen molar-refractivity contribution in [1.82, 2.24) is 10.2 Å². The fourth-order valence-corrected chi connectivity index (χ4v) is 7.85. The van der Waals surface area contributed by atoms with Crippen molar-refractivity contribution in [3.63, 3.8) is 0 Å². The molecule has 1 unspecified atom stereocenters. The van der Waals surface area contributed by atoms with Crippen LogP contribution in [0.4, 0.5) is 9.59 Å². The Morgan fingerprint density at radius 2 is 1.61 bits per heavy atom. The zero-order valence-corrected chi connectivity index (χ0v) is 32.5. The Morgan fingerprint density at radius 1 is 0.926 bits per heavy atom. The highest BCUT2D eigenvalue weighted by atomic mass is 16.5. The summed E-state index contributed by atoms with van der Waals surface area (Å²) >= 11 is 0. The molecule has 0 aromatic heterocycles. The molecule has 0 spiro atoms. The molecule has 1 aliphatic rings. The van der Waals surface area contributed by atoms with Crippen LogP contribution >= 0.6 is 0 Å². The van der Waals surface area contributed by atoms with E-state index in [-0.39, 0.29) is 25.5 Å². The van der Waals surface area contributed by atoms with Crippen molar-refractivity contribution >= 4 is 12.2 Å². The molecule has 0 aliphatic carbocycles. The van der Waals surface area contributed by atoms with Gasteiger partial charge in [0.25, 0.3) is 0 Å². The highest BCUT2D eigenvalue weighted by Crippen LogP contribution is 2.52. The van der Waals surface area contributed by atoms with Gasteiger partial charge in [-0.3, -0.25) is 0 Å². The standard InChI is InChI=1S/C45H56N2O7/c1-31(27-52-6)28-53-29-34-16-19-37(20-17-34)45(51)23-25-47(43(49)50)41(44(3,4)5)40(45)38-21-18-36(26-32(38)2)39-15-11-10-14-35(39)22-24-46-42(48)54-30-33-12-8-7-9-13-33/h7-21,26,31,40-41,51H,22-25,27-30H2,1-6H3,(H,46,48)(H,49,50)/t31-,40-,41?,45-/m0/s1. The molecular weight excluding hydrogens is 681 g/mol. The largest absolute Gasteiger partial charge is 0.465 e. The van der Waals surface area contributed by atoms with E-state index in [9.17, 15) is 19.8 Å². The van der Waals surface area contributed by atoms with E-state index in [1.807, 2.05) is 94.4 Å². The van der Waals surface area contributed by atoms with Gasteiger partial charge in [-0.05, 0) is 69.7 Å². The van der Waals surface area contributed by atoms with Crippen LogP contribution in [0.25, 0.3) is 11.1 Å². The maximum absolute atomic E-state index is 12.9. The molecule has 288 valence electrons. The van der Waals surface area contributed by atoms with E-state index in [1.165, 1.54) is 4.90 Å². The van der Waals surface area contributed by atoms with Crippen molar-refractivity contribution < 1.29 is 34.0 Å². The number of aliphatic hydroxyl groups is 1. The summed E-state index contributed by atoms with van der Waals surface area (Å²) < 4.78 is 16.5. The van der Waals surface area contributed by atoms with E-state index in [4.69, 9.17) is 14.2 Å². The Bertz CT molecular complexity index is 1840. The summed E-state index contributed by atoms with van der Waals surface area (Å²) in [4.78, 5) is 26.7. The number of likely N-dealkylation sites (tertiary alicyclic amines) is 1. The van der Waals surface area contributed by atoms with Crippen molar-refractivity contribution in [3.8, 4) is 11.1 Å². The predicted octanol–water partition coefficient (Wildman–Crippen LogP) is 8.70. The summed E-state index contributed by atoms with van der Waals surface area (Å²) in [6.45, 7) is 12.7. The number of carboxylic acid groups (broad SMARTS) is 1.